The Morgan fingerprint density at radius 1 is 1.21 bits per heavy atom. The third kappa shape index (κ3) is 4.97. The van der Waals surface area contributed by atoms with E-state index in [-0.39, 0.29) is 23.7 Å². The molecule has 0 saturated carbocycles. The molecule has 0 aliphatic heterocycles. The number of hydrogen-bond donors (Lipinski definition) is 2. The number of anilines is 1. The number of amides is 1. The Balaban J connectivity index is 1.46. The van der Waals surface area contributed by atoms with E-state index in [1.165, 1.54) is 35.2 Å². The van der Waals surface area contributed by atoms with Crippen molar-refractivity contribution in [1.82, 2.24) is 19.5 Å². The fraction of sp³-hybridized carbons (Fsp3) is 0.250. The van der Waals surface area contributed by atoms with Gasteiger partial charge in [0.2, 0.25) is 5.91 Å². The zero-order chi connectivity index (χ0) is 24.4. The van der Waals surface area contributed by atoms with Crippen LogP contribution in [0.1, 0.15) is 29.1 Å². The SMILES string of the molecule is CSc1nc(C)c(CCC(=O)Nc2nc(-c3cc(C)n(-c4ccc(F)cc4)c3C)cs2)c(=O)[nH]1. The normalized spacial score (nSPS) is 11.1. The van der Waals surface area contributed by atoms with Crippen LogP contribution in [0.4, 0.5) is 9.52 Å². The van der Waals surface area contributed by atoms with E-state index in [0.717, 1.165) is 28.3 Å². The second-order valence-electron chi connectivity index (χ2n) is 7.82. The van der Waals surface area contributed by atoms with Crippen molar-refractivity contribution < 1.29 is 9.18 Å². The maximum Gasteiger partial charge on any atom is 0.254 e. The van der Waals surface area contributed by atoms with E-state index >= 15 is 0 Å². The lowest BCUT2D eigenvalue weighted by molar-refractivity contribution is -0.116. The van der Waals surface area contributed by atoms with E-state index in [1.54, 1.807) is 19.1 Å². The van der Waals surface area contributed by atoms with Gasteiger partial charge in [-0.05, 0) is 63.8 Å². The molecule has 3 heterocycles. The molecular formula is C24H24FN5O2S2. The Morgan fingerprint density at radius 3 is 2.62 bits per heavy atom. The molecule has 1 amide bonds. The Labute approximate surface area is 204 Å². The molecule has 4 aromatic rings. The van der Waals surface area contributed by atoms with Crippen molar-refractivity contribution >= 4 is 34.1 Å². The number of halogens is 1. The fourth-order valence-electron chi connectivity index (χ4n) is 3.86. The number of aromatic nitrogens is 4. The van der Waals surface area contributed by atoms with Gasteiger partial charge in [-0.25, -0.2) is 14.4 Å². The van der Waals surface area contributed by atoms with E-state index in [4.69, 9.17) is 0 Å². The summed E-state index contributed by atoms with van der Waals surface area (Å²) in [5, 5.41) is 5.77. The highest BCUT2D eigenvalue weighted by Gasteiger charge is 2.16. The second kappa shape index (κ2) is 9.94. The molecule has 10 heteroatoms. The lowest BCUT2D eigenvalue weighted by Gasteiger charge is -2.09. The third-order valence-electron chi connectivity index (χ3n) is 5.54. The number of thioether (sulfide) groups is 1. The largest absolute Gasteiger partial charge is 0.318 e. The van der Waals surface area contributed by atoms with Gasteiger partial charge in [0.15, 0.2) is 10.3 Å². The van der Waals surface area contributed by atoms with Gasteiger partial charge in [0.25, 0.3) is 5.56 Å². The minimum Gasteiger partial charge on any atom is -0.318 e. The van der Waals surface area contributed by atoms with E-state index in [0.29, 0.717) is 28.0 Å². The number of carbonyl (C=O) groups is 1. The van der Waals surface area contributed by atoms with Crippen LogP contribution in [0.25, 0.3) is 16.9 Å². The molecule has 0 spiro atoms. The van der Waals surface area contributed by atoms with Crippen LogP contribution in [0.3, 0.4) is 0 Å². The molecule has 0 aliphatic carbocycles. The highest BCUT2D eigenvalue weighted by atomic mass is 32.2. The maximum absolute atomic E-state index is 13.3. The van der Waals surface area contributed by atoms with Crippen LogP contribution in [-0.2, 0) is 11.2 Å². The Morgan fingerprint density at radius 2 is 1.94 bits per heavy atom. The molecule has 3 aromatic heterocycles. The number of benzene rings is 1. The smallest absolute Gasteiger partial charge is 0.254 e. The summed E-state index contributed by atoms with van der Waals surface area (Å²) in [5.74, 6) is -0.496. The van der Waals surface area contributed by atoms with Crippen LogP contribution in [0.2, 0.25) is 0 Å². The average Bonchev–Trinajstić information content (AvgIpc) is 3.37. The zero-order valence-electron chi connectivity index (χ0n) is 19.2. The molecule has 2 N–H and O–H groups in total. The summed E-state index contributed by atoms with van der Waals surface area (Å²) in [4.78, 5) is 36.4. The van der Waals surface area contributed by atoms with Gasteiger partial charge in [0.05, 0.1) is 5.69 Å². The standard InChI is InChI=1S/C24H24FN5O2S2/c1-13-11-19(15(3)30(13)17-7-5-16(25)6-8-17)20-12-34-24(27-20)28-21(31)10-9-18-14(2)26-23(33-4)29-22(18)32/h5-8,11-12H,9-10H2,1-4H3,(H,26,29,32)(H,27,28,31). The van der Waals surface area contributed by atoms with Crippen molar-refractivity contribution in [2.45, 2.75) is 38.8 Å². The number of nitrogens with zero attached hydrogens (tertiary/aromatic N) is 3. The molecular weight excluding hydrogens is 473 g/mol. The van der Waals surface area contributed by atoms with E-state index in [9.17, 15) is 14.0 Å². The molecule has 7 nitrogen and oxygen atoms in total. The Bertz CT molecular complexity index is 1410. The van der Waals surface area contributed by atoms with Crippen molar-refractivity contribution in [3.8, 4) is 16.9 Å². The van der Waals surface area contributed by atoms with Crippen molar-refractivity contribution in [2.24, 2.45) is 0 Å². The summed E-state index contributed by atoms with van der Waals surface area (Å²) in [6, 6.07) is 8.38. The third-order valence-corrected chi connectivity index (χ3v) is 6.88. The molecule has 0 aliphatic rings. The van der Waals surface area contributed by atoms with E-state index in [1.807, 2.05) is 36.1 Å². The van der Waals surface area contributed by atoms with Crippen LogP contribution in [-0.4, -0.2) is 31.7 Å². The van der Waals surface area contributed by atoms with E-state index in [2.05, 4.69) is 20.3 Å². The quantitative estimate of drug-likeness (QED) is 0.276. The fourth-order valence-corrected chi connectivity index (χ4v) is 5.01. The number of thiazole rings is 1. The first kappa shape index (κ1) is 23.9. The van der Waals surface area contributed by atoms with E-state index < -0.39 is 0 Å². The van der Waals surface area contributed by atoms with Crippen molar-refractivity contribution in [3.05, 3.63) is 74.5 Å². The monoisotopic (exact) mass is 497 g/mol. The maximum atomic E-state index is 13.3. The van der Waals surface area contributed by atoms with Gasteiger partial charge in [0.1, 0.15) is 5.82 Å². The summed E-state index contributed by atoms with van der Waals surface area (Å²) >= 11 is 2.71. The summed E-state index contributed by atoms with van der Waals surface area (Å²) in [7, 11) is 0. The van der Waals surface area contributed by atoms with Crippen molar-refractivity contribution in [3.63, 3.8) is 0 Å². The summed E-state index contributed by atoms with van der Waals surface area (Å²) in [6.07, 6.45) is 2.29. The first-order chi connectivity index (χ1) is 16.3. The highest BCUT2D eigenvalue weighted by molar-refractivity contribution is 7.98. The first-order valence-electron chi connectivity index (χ1n) is 10.6. The minimum absolute atomic E-state index is 0.151. The molecule has 0 radical (unpaired) electrons. The molecule has 0 bridgehead atoms. The van der Waals surface area contributed by atoms with Gasteiger partial charge in [-0.2, -0.15) is 0 Å². The van der Waals surface area contributed by atoms with Gasteiger partial charge in [-0.15, -0.1) is 11.3 Å². The number of nitrogens with one attached hydrogen (secondary N) is 2. The molecule has 4 rings (SSSR count). The predicted octanol–water partition coefficient (Wildman–Crippen LogP) is 5.04. The summed E-state index contributed by atoms with van der Waals surface area (Å²) in [5.41, 5.74) is 5.48. The first-order valence-corrected chi connectivity index (χ1v) is 12.7. The molecule has 1 aromatic carbocycles. The zero-order valence-corrected chi connectivity index (χ0v) is 20.9. The van der Waals surface area contributed by atoms with Crippen molar-refractivity contribution in [2.75, 3.05) is 11.6 Å². The van der Waals surface area contributed by atoms with Crippen LogP contribution in [0.5, 0.6) is 0 Å². The number of rotatable bonds is 7. The topological polar surface area (TPSA) is 92.7 Å². The molecule has 34 heavy (non-hydrogen) atoms. The predicted molar refractivity (Wildman–Crippen MR) is 135 cm³/mol. The van der Waals surface area contributed by atoms with Gasteiger partial charge in [-0.3, -0.25) is 9.59 Å². The van der Waals surface area contributed by atoms with Crippen molar-refractivity contribution in [1.29, 1.82) is 0 Å². The van der Waals surface area contributed by atoms with Gasteiger partial charge in [-0.1, -0.05) is 11.8 Å². The number of carbonyl (C=O) groups excluding carboxylic acids is 1. The minimum atomic E-state index is -0.278. The van der Waals surface area contributed by atoms with Gasteiger partial charge in [0, 0.05) is 45.7 Å². The summed E-state index contributed by atoms with van der Waals surface area (Å²) < 4.78 is 15.4. The molecule has 0 saturated heterocycles. The second-order valence-corrected chi connectivity index (χ2v) is 9.47. The molecule has 0 atom stereocenters. The molecule has 0 unspecified atom stereocenters. The Hall–Kier alpha value is -3.24. The molecule has 0 fully saturated rings. The number of aryl methyl sites for hydroxylation is 2. The Kier molecular flexibility index (Phi) is 6.99. The number of hydrogen-bond acceptors (Lipinski definition) is 6. The van der Waals surface area contributed by atoms with Crippen LogP contribution in [0, 0.1) is 26.6 Å². The molecule has 176 valence electrons. The summed E-state index contributed by atoms with van der Waals surface area (Å²) in [6.45, 7) is 5.75. The average molecular weight is 498 g/mol. The lowest BCUT2D eigenvalue weighted by Crippen LogP contribution is -2.20. The number of aromatic amines is 1. The van der Waals surface area contributed by atoms with Gasteiger partial charge < -0.3 is 14.9 Å². The highest BCUT2D eigenvalue weighted by Crippen LogP contribution is 2.31. The number of H-pyrrole nitrogens is 1. The van der Waals surface area contributed by atoms with Crippen LogP contribution < -0.4 is 10.9 Å². The van der Waals surface area contributed by atoms with Gasteiger partial charge >= 0.3 is 0 Å². The van der Waals surface area contributed by atoms with Crippen LogP contribution >= 0.6 is 23.1 Å². The van der Waals surface area contributed by atoms with Crippen LogP contribution in [0.15, 0.2) is 45.7 Å². The lowest BCUT2D eigenvalue weighted by atomic mass is 10.1.